The molecule has 2 heterocycles. The second-order valence-electron chi connectivity index (χ2n) is 6.91. The van der Waals surface area contributed by atoms with Crippen LogP contribution in [0.1, 0.15) is 18.0 Å². The fourth-order valence-corrected chi connectivity index (χ4v) is 3.82. The van der Waals surface area contributed by atoms with Crippen LogP contribution in [0.15, 0.2) is 83.3 Å². The first-order chi connectivity index (χ1) is 16.3. The number of fused-ring (bicyclic) bond motifs is 3. The van der Waals surface area contributed by atoms with Gasteiger partial charge in [0, 0.05) is 28.5 Å². The van der Waals surface area contributed by atoms with Crippen LogP contribution in [0.2, 0.25) is 0 Å². The number of nitrogens with zero attached hydrogens (tertiary/aromatic N) is 2. The van der Waals surface area contributed by atoms with Gasteiger partial charge in [0.25, 0.3) is 0 Å². The van der Waals surface area contributed by atoms with Crippen molar-refractivity contribution >= 4 is 21.9 Å². The van der Waals surface area contributed by atoms with Crippen LogP contribution >= 0.6 is 0 Å². The van der Waals surface area contributed by atoms with Gasteiger partial charge in [-0.15, -0.1) is 0 Å². The lowest BCUT2D eigenvalue weighted by molar-refractivity contribution is -0.660. The molecule has 5 aromatic rings. The number of nitriles is 1. The zero-order valence-corrected chi connectivity index (χ0v) is 15.9. The molecule has 5 rings (SSSR count). The molecule has 29 heavy (non-hydrogen) atoms. The lowest BCUT2D eigenvalue weighted by Gasteiger charge is -2.05. The van der Waals surface area contributed by atoms with Crippen LogP contribution in [-0.2, 0) is 7.05 Å². The number of hydrogen-bond acceptors (Lipinski definition) is 2. The van der Waals surface area contributed by atoms with E-state index >= 15 is 0 Å². The van der Waals surface area contributed by atoms with E-state index in [4.69, 9.17) is 11.3 Å². The minimum atomic E-state index is -0.483. The quantitative estimate of drug-likeness (QED) is 0.356. The minimum absolute atomic E-state index is 0.0456. The Kier molecular flexibility index (Phi) is 2.86. The molecule has 3 heteroatoms. The molecule has 0 N–H and O–H groups in total. The molecular weight excluding hydrogens is 356 g/mol. The van der Waals surface area contributed by atoms with Crippen molar-refractivity contribution in [1.29, 1.82) is 5.26 Å². The summed E-state index contributed by atoms with van der Waals surface area (Å²) in [7, 11) is 1.95. The third kappa shape index (κ3) is 2.61. The van der Waals surface area contributed by atoms with Crippen LogP contribution in [-0.4, -0.2) is 0 Å². The van der Waals surface area contributed by atoms with E-state index in [1.54, 1.807) is 12.1 Å². The highest BCUT2D eigenvalue weighted by molar-refractivity contribution is 6.13. The Bertz CT molecular complexity index is 1670. The monoisotopic (exact) mass is 380 g/mol. The van der Waals surface area contributed by atoms with Crippen LogP contribution < -0.4 is 4.57 Å². The summed E-state index contributed by atoms with van der Waals surface area (Å²) in [5.74, 6) is 0. The van der Waals surface area contributed by atoms with Gasteiger partial charge in [-0.25, -0.2) is 4.57 Å². The number of rotatable bonds is 2. The number of aromatic nitrogens is 1. The SMILES string of the molecule is [2H]c1c([2H])c([2H])c(-c2c(C#N)ccc3c2oc2c(-c4cccc[n+]4C)c(C)ccc23)c([2H])c1[2H]. The van der Waals surface area contributed by atoms with E-state index in [0.29, 0.717) is 16.6 Å². The van der Waals surface area contributed by atoms with E-state index in [2.05, 4.69) is 6.07 Å². The predicted octanol–water partition coefficient (Wildman–Crippen LogP) is 5.92. The standard InChI is InChI=1S/C26H19N2O/c1-17-11-13-20-21-14-12-19(16-27)24(18-8-4-3-5-9-18)26(21)29-25(20)23(17)22-10-6-7-15-28(22)2/h3-15H,1-2H3/q+1/i3D,4D,5D,8D,9D. The average molecular weight is 380 g/mol. The zero-order valence-electron chi connectivity index (χ0n) is 20.9. The molecule has 0 radical (unpaired) electrons. The maximum Gasteiger partial charge on any atom is 0.216 e. The Hall–Kier alpha value is -3.90. The van der Waals surface area contributed by atoms with Gasteiger partial charge in [-0.05, 0) is 36.2 Å². The van der Waals surface area contributed by atoms with Gasteiger partial charge < -0.3 is 4.42 Å². The fraction of sp³-hybridized carbons (Fsp3) is 0.0769. The van der Waals surface area contributed by atoms with Gasteiger partial charge in [-0.2, -0.15) is 5.26 Å². The van der Waals surface area contributed by atoms with Gasteiger partial charge in [0.15, 0.2) is 6.20 Å². The van der Waals surface area contributed by atoms with E-state index in [-0.39, 0.29) is 28.8 Å². The lowest BCUT2D eigenvalue weighted by atomic mass is 9.96. The molecule has 0 fully saturated rings. The Morgan fingerprint density at radius 1 is 0.931 bits per heavy atom. The molecule has 138 valence electrons. The van der Waals surface area contributed by atoms with E-state index in [1.165, 1.54) is 0 Å². The van der Waals surface area contributed by atoms with Crippen LogP contribution in [0.4, 0.5) is 0 Å². The number of hydrogen-bond donors (Lipinski definition) is 0. The van der Waals surface area contributed by atoms with Gasteiger partial charge in [-0.3, -0.25) is 0 Å². The molecule has 2 aromatic heterocycles. The van der Waals surface area contributed by atoms with Crippen molar-refractivity contribution < 1.29 is 15.8 Å². The summed E-state index contributed by atoms with van der Waals surface area (Å²) in [5.41, 5.74) is 4.09. The van der Waals surface area contributed by atoms with E-state index in [9.17, 15) is 5.26 Å². The van der Waals surface area contributed by atoms with Crippen molar-refractivity contribution in [3.63, 3.8) is 0 Å². The fourth-order valence-electron chi connectivity index (χ4n) is 3.82. The van der Waals surface area contributed by atoms with Gasteiger partial charge >= 0.3 is 0 Å². The normalized spacial score (nSPS) is 13.5. The highest BCUT2D eigenvalue weighted by Gasteiger charge is 2.22. The molecule has 3 aromatic carbocycles. The summed E-state index contributed by atoms with van der Waals surface area (Å²) in [4.78, 5) is 0. The Balaban J connectivity index is 1.98. The van der Waals surface area contributed by atoms with E-state index in [1.807, 2.05) is 55.1 Å². The molecule has 3 nitrogen and oxygen atoms in total. The zero-order chi connectivity index (χ0) is 24.3. The van der Waals surface area contributed by atoms with Crippen molar-refractivity contribution in [3.05, 3.63) is 90.0 Å². The molecule has 0 saturated carbocycles. The summed E-state index contributed by atoms with van der Waals surface area (Å²) < 4.78 is 49.5. The molecule has 0 aliphatic carbocycles. The third-order valence-corrected chi connectivity index (χ3v) is 5.20. The van der Waals surface area contributed by atoms with Crippen molar-refractivity contribution in [3.8, 4) is 28.5 Å². The predicted molar refractivity (Wildman–Crippen MR) is 115 cm³/mol. The molecule has 0 saturated heterocycles. The molecule has 0 amide bonds. The summed E-state index contributed by atoms with van der Waals surface area (Å²) in [6.45, 7) is 1.99. The second kappa shape index (κ2) is 6.61. The molecule has 0 aliphatic rings. The van der Waals surface area contributed by atoms with E-state index < -0.39 is 18.1 Å². The van der Waals surface area contributed by atoms with Crippen molar-refractivity contribution in [1.82, 2.24) is 0 Å². The highest BCUT2D eigenvalue weighted by atomic mass is 16.3. The number of aryl methyl sites for hydroxylation is 2. The first kappa shape index (κ1) is 12.5. The van der Waals surface area contributed by atoms with Crippen molar-refractivity contribution in [2.24, 2.45) is 7.05 Å². The highest BCUT2D eigenvalue weighted by Crippen LogP contribution is 2.41. The number of benzene rings is 3. The van der Waals surface area contributed by atoms with Crippen molar-refractivity contribution in [2.45, 2.75) is 6.92 Å². The smallest absolute Gasteiger partial charge is 0.216 e. The maximum absolute atomic E-state index is 9.85. The van der Waals surface area contributed by atoms with Gasteiger partial charge in [0.05, 0.1) is 24.0 Å². The molecule has 0 bridgehead atoms. The van der Waals surface area contributed by atoms with Crippen molar-refractivity contribution in [2.75, 3.05) is 0 Å². The Morgan fingerprint density at radius 2 is 1.66 bits per heavy atom. The summed E-state index contributed by atoms with van der Waals surface area (Å²) in [5, 5.41) is 11.4. The average Bonchev–Trinajstić information content (AvgIpc) is 3.21. The molecular formula is C26H19N2O+. The first-order valence-corrected chi connectivity index (χ1v) is 9.17. The largest absolute Gasteiger partial charge is 0.454 e. The molecule has 0 spiro atoms. The minimum Gasteiger partial charge on any atom is -0.454 e. The Morgan fingerprint density at radius 3 is 2.38 bits per heavy atom. The number of pyridine rings is 1. The topological polar surface area (TPSA) is 40.8 Å². The van der Waals surface area contributed by atoms with E-state index in [0.717, 1.165) is 22.2 Å². The lowest BCUT2D eigenvalue weighted by Crippen LogP contribution is -2.30. The third-order valence-electron chi connectivity index (χ3n) is 5.20. The molecule has 0 atom stereocenters. The van der Waals surface area contributed by atoms with Crippen LogP contribution in [0.25, 0.3) is 44.3 Å². The van der Waals surface area contributed by atoms with Crippen LogP contribution in [0.5, 0.6) is 0 Å². The maximum atomic E-state index is 9.85. The second-order valence-corrected chi connectivity index (χ2v) is 6.91. The molecule has 0 unspecified atom stereocenters. The van der Waals surface area contributed by atoms with Crippen LogP contribution in [0, 0.1) is 18.3 Å². The molecule has 0 aliphatic heterocycles. The number of furan rings is 1. The van der Waals surface area contributed by atoms with Gasteiger partial charge in [0.2, 0.25) is 5.69 Å². The van der Waals surface area contributed by atoms with Crippen LogP contribution in [0.3, 0.4) is 0 Å². The van der Waals surface area contributed by atoms with Gasteiger partial charge in [0.1, 0.15) is 18.2 Å². The summed E-state index contributed by atoms with van der Waals surface area (Å²) in [6, 6.07) is 13.2. The Labute approximate surface area is 176 Å². The van der Waals surface area contributed by atoms with Gasteiger partial charge in [-0.1, -0.05) is 42.3 Å². The first-order valence-electron chi connectivity index (χ1n) is 11.7. The summed E-state index contributed by atoms with van der Waals surface area (Å²) in [6.07, 6.45) is 1.95. The summed E-state index contributed by atoms with van der Waals surface area (Å²) >= 11 is 0.